The molecule has 0 fully saturated rings. The average molecular weight is 406 g/mol. The normalized spacial score (nSPS) is 11.0. The van der Waals surface area contributed by atoms with Gasteiger partial charge in [-0.3, -0.25) is 4.79 Å². The highest BCUT2D eigenvalue weighted by Gasteiger charge is 2.13. The highest BCUT2D eigenvalue weighted by molar-refractivity contribution is 5.78. The Morgan fingerprint density at radius 3 is 2.73 bits per heavy atom. The second kappa shape index (κ2) is 10.6. The summed E-state index contributed by atoms with van der Waals surface area (Å²) >= 11 is 0. The fraction of sp³-hybridized carbons (Fsp3) is 0.360. The van der Waals surface area contributed by atoms with E-state index in [1.54, 1.807) is 0 Å². The quantitative estimate of drug-likeness (QED) is 0.365. The van der Waals surface area contributed by atoms with E-state index in [-0.39, 0.29) is 11.8 Å². The molecule has 0 atom stereocenters. The summed E-state index contributed by atoms with van der Waals surface area (Å²) in [4.78, 5) is 16.7. The molecule has 0 aliphatic rings. The van der Waals surface area contributed by atoms with Crippen LogP contribution in [0.25, 0.3) is 11.0 Å². The zero-order valence-electron chi connectivity index (χ0n) is 17.9. The van der Waals surface area contributed by atoms with E-state index in [1.165, 1.54) is 0 Å². The van der Waals surface area contributed by atoms with E-state index in [0.29, 0.717) is 13.2 Å². The number of imidazole rings is 1. The van der Waals surface area contributed by atoms with Gasteiger partial charge >= 0.3 is 0 Å². The van der Waals surface area contributed by atoms with Crippen LogP contribution in [0.2, 0.25) is 0 Å². The lowest BCUT2D eigenvalue weighted by Gasteiger charge is -2.12. The lowest BCUT2D eigenvalue weighted by Crippen LogP contribution is -2.28. The van der Waals surface area contributed by atoms with Crippen LogP contribution in [0.3, 0.4) is 0 Å². The van der Waals surface area contributed by atoms with E-state index in [0.717, 1.165) is 54.0 Å². The number of para-hydroxylation sites is 3. The first kappa shape index (κ1) is 21.6. The summed E-state index contributed by atoms with van der Waals surface area (Å²) < 4.78 is 8.21. The minimum Gasteiger partial charge on any atom is -0.493 e. The number of carbonyl (C=O) groups excluding carboxylic acids is 1. The van der Waals surface area contributed by atoms with E-state index in [9.17, 15) is 4.79 Å². The second-order valence-corrected chi connectivity index (χ2v) is 7.70. The van der Waals surface area contributed by atoms with Crippen LogP contribution < -0.4 is 10.1 Å². The van der Waals surface area contributed by atoms with Gasteiger partial charge in [0.2, 0.25) is 5.91 Å². The third kappa shape index (κ3) is 5.50. The van der Waals surface area contributed by atoms with Crippen molar-refractivity contribution in [1.29, 1.82) is 0 Å². The number of aromatic nitrogens is 2. The molecule has 5 nitrogen and oxygen atoms in total. The molecule has 3 aromatic rings. The monoisotopic (exact) mass is 405 g/mol. The molecule has 0 saturated carbocycles. The Morgan fingerprint density at radius 1 is 1.17 bits per heavy atom. The average Bonchev–Trinajstić information content (AvgIpc) is 3.10. The molecule has 0 aliphatic carbocycles. The molecule has 1 amide bonds. The van der Waals surface area contributed by atoms with Crippen LogP contribution in [0.4, 0.5) is 0 Å². The number of allylic oxidation sites excluding steroid dienone is 1. The van der Waals surface area contributed by atoms with Gasteiger partial charge in [-0.1, -0.05) is 50.3 Å². The summed E-state index contributed by atoms with van der Waals surface area (Å²) in [6.45, 7) is 9.55. The number of nitrogens with zero attached hydrogens (tertiary/aromatic N) is 2. The Labute approximate surface area is 178 Å². The Morgan fingerprint density at radius 2 is 1.93 bits per heavy atom. The predicted octanol–water partition coefficient (Wildman–Crippen LogP) is 4.90. The molecular formula is C25H31N3O2. The van der Waals surface area contributed by atoms with Gasteiger partial charge in [0.05, 0.1) is 24.2 Å². The maximum Gasteiger partial charge on any atom is 0.222 e. The van der Waals surface area contributed by atoms with Crippen LogP contribution in [-0.4, -0.2) is 22.1 Å². The van der Waals surface area contributed by atoms with Gasteiger partial charge in [-0.2, -0.15) is 0 Å². The number of carbonyl (C=O) groups is 1. The van der Waals surface area contributed by atoms with Crippen molar-refractivity contribution < 1.29 is 9.53 Å². The molecule has 0 radical (unpaired) electrons. The maximum atomic E-state index is 12.0. The standard InChI is InChI=1S/C25H31N3O2/c1-4-11-20-12-5-8-15-23(20)30-17-10-9-16-28-22-14-7-6-13-21(22)27-24(28)18-26-25(29)19(2)3/h4-8,12-15,19H,1,9-11,16-18H2,2-3H3,(H,26,29). The fourth-order valence-corrected chi connectivity index (χ4v) is 3.40. The van der Waals surface area contributed by atoms with E-state index in [4.69, 9.17) is 9.72 Å². The largest absolute Gasteiger partial charge is 0.493 e. The molecule has 1 N–H and O–H groups in total. The number of hydrogen-bond donors (Lipinski definition) is 1. The smallest absolute Gasteiger partial charge is 0.222 e. The Kier molecular flexibility index (Phi) is 7.66. The van der Waals surface area contributed by atoms with Gasteiger partial charge in [0.1, 0.15) is 11.6 Å². The summed E-state index contributed by atoms with van der Waals surface area (Å²) in [6, 6.07) is 16.2. The van der Waals surface area contributed by atoms with Crippen molar-refractivity contribution in [2.24, 2.45) is 5.92 Å². The lowest BCUT2D eigenvalue weighted by atomic mass is 10.1. The summed E-state index contributed by atoms with van der Waals surface area (Å²) in [5, 5.41) is 2.99. The van der Waals surface area contributed by atoms with Gasteiger partial charge in [-0.15, -0.1) is 6.58 Å². The Bertz CT molecular complexity index is 991. The van der Waals surface area contributed by atoms with E-state index in [1.807, 2.05) is 56.3 Å². The van der Waals surface area contributed by atoms with Crippen molar-refractivity contribution in [3.8, 4) is 5.75 Å². The van der Waals surface area contributed by atoms with Crippen molar-refractivity contribution in [1.82, 2.24) is 14.9 Å². The number of fused-ring (bicyclic) bond motifs is 1. The minimum absolute atomic E-state index is 0.0380. The van der Waals surface area contributed by atoms with Crippen molar-refractivity contribution >= 4 is 16.9 Å². The highest BCUT2D eigenvalue weighted by atomic mass is 16.5. The van der Waals surface area contributed by atoms with E-state index >= 15 is 0 Å². The SMILES string of the molecule is C=CCc1ccccc1OCCCCn1c(CNC(=O)C(C)C)nc2ccccc21. The number of amides is 1. The number of ether oxygens (including phenoxy) is 1. The van der Waals surface area contributed by atoms with Gasteiger partial charge in [-0.05, 0) is 43.0 Å². The number of rotatable bonds is 11. The zero-order valence-corrected chi connectivity index (χ0v) is 17.9. The van der Waals surface area contributed by atoms with Gasteiger partial charge in [-0.25, -0.2) is 4.98 Å². The predicted molar refractivity (Wildman–Crippen MR) is 121 cm³/mol. The second-order valence-electron chi connectivity index (χ2n) is 7.70. The molecule has 0 aliphatic heterocycles. The Hall–Kier alpha value is -3.08. The summed E-state index contributed by atoms with van der Waals surface area (Å²) in [7, 11) is 0. The van der Waals surface area contributed by atoms with Crippen LogP contribution in [0.1, 0.15) is 38.1 Å². The molecule has 158 valence electrons. The third-order valence-electron chi connectivity index (χ3n) is 5.05. The Balaban J connectivity index is 1.59. The molecule has 0 unspecified atom stereocenters. The van der Waals surface area contributed by atoms with Gasteiger partial charge in [0, 0.05) is 12.5 Å². The van der Waals surface area contributed by atoms with E-state index < -0.39 is 0 Å². The van der Waals surface area contributed by atoms with Gasteiger partial charge < -0.3 is 14.6 Å². The number of unbranched alkanes of at least 4 members (excludes halogenated alkanes) is 1. The molecule has 5 heteroatoms. The minimum atomic E-state index is -0.0380. The van der Waals surface area contributed by atoms with E-state index in [2.05, 4.69) is 28.6 Å². The molecule has 0 bridgehead atoms. The topological polar surface area (TPSA) is 56.1 Å². The first-order chi connectivity index (χ1) is 14.6. The summed E-state index contributed by atoms with van der Waals surface area (Å²) in [6.07, 6.45) is 4.61. The number of hydrogen-bond acceptors (Lipinski definition) is 3. The van der Waals surface area contributed by atoms with Crippen molar-refractivity contribution in [2.45, 2.75) is 46.2 Å². The van der Waals surface area contributed by atoms with Gasteiger partial charge in [0.15, 0.2) is 0 Å². The zero-order chi connectivity index (χ0) is 21.3. The van der Waals surface area contributed by atoms with Crippen LogP contribution in [0, 0.1) is 5.92 Å². The molecule has 1 heterocycles. The maximum absolute atomic E-state index is 12.0. The third-order valence-corrected chi connectivity index (χ3v) is 5.05. The van der Waals surface area contributed by atoms with Crippen LogP contribution in [0.15, 0.2) is 61.2 Å². The molecule has 2 aromatic carbocycles. The molecule has 1 aromatic heterocycles. The summed E-state index contributed by atoms with van der Waals surface area (Å²) in [5.74, 6) is 1.83. The fourth-order valence-electron chi connectivity index (χ4n) is 3.40. The highest BCUT2D eigenvalue weighted by Crippen LogP contribution is 2.20. The lowest BCUT2D eigenvalue weighted by molar-refractivity contribution is -0.124. The van der Waals surface area contributed by atoms with Gasteiger partial charge in [0.25, 0.3) is 0 Å². The first-order valence-corrected chi connectivity index (χ1v) is 10.6. The molecule has 3 rings (SSSR count). The van der Waals surface area contributed by atoms with Crippen molar-refractivity contribution in [2.75, 3.05) is 6.61 Å². The van der Waals surface area contributed by atoms with Crippen LogP contribution >= 0.6 is 0 Å². The first-order valence-electron chi connectivity index (χ1n) is 10.6. The molecule has 30 heavy (non-hydrogen) atoms. The summed E-state index contributed by atoms with van der Waals surface area (Å²) in [5.41, 5.74) is 3.22. The molecule has 0 spiro atoms. The number of benzene rings is 2. The van der Waals surface area contributed by atoms with Crippen molar-refractivity contribution in [3.63, 3.8) is 0 Å². The van der Waals surface area contributed by atoms with Crippen molar-refractivity contribution in [3.05, 3.63) is 72.6 Å². The molecule has 0 saturated heterocycles. The molecular weight excluding hydrogens is 374 g/mol. The van der Waals surface area contributed by atoms with Crippen LogP contribution in [-0.2, 0) is 24.3 Å². The number of nitrogens with one attached hydrogen (secondary N) is 1. The van der Waals surface area contributed by atoms with Crippen LogP contribution in [0.5, 0.6) is 5.75 Å². The number of aryl methyl sites for hydroxylation is 1.